The van der Waals surface area contributed by atoms with Crippen LogP contribution in [0, 0.1) is 46.3 Å². The van der Waals surface area contributed by atoms with Gasteiger partial charge in [-0.15, -0.1) is 0 Å². The number of carboxylic acids is 1. The number of carbonyl (C=O) groups is 3. The lowest BCUT2D eigenvalue weighted by Crippen LogP contribution is -2.58. The van der Waals surface area contributed by atoms with Crippen molar-refractivity contribution in [1.82, 2.24) is 10.6 Å². The van der Waals surface area contributed by atoms with Crippen LogP contribution in [0.15, 0.2) is 0 Å². The van der Waals surface area contributed by atoms with E-state index in [0.29, 0.717) is 80.7 Å². The van der Waals surface area contributed by atoms with Crippen molar-refractivity contribution in [3.63, 3.8) is 0 Å². The average molecular weight is 591 g/mol. The van der Waals surface area contributed by atoms with Gasteiger partial charge in [0.2, 0.25) is 11.8 Å². The van der Waals surface area contributed by atoms with Crippen LogP contribution >= 0.6 is 0 Å². The van der Waals surface area contributed by atoms with Crippen LogP contribution in [0.4, 0.5) is 0 Å². The zero-order chi connectivity index (χ0) is 30.5. The highest BCUT2D eigenvalue weighted by atomic mass is 16.4. The Kier molecular flexibility index (Phi) is 11.4. The van der Waals surface area contributed by atoms with E-state index in [9.17, 15) is 24.6 Å². The van der Waals surface area contributed by atoms with E-state index in [0.717, 1.165) is 38.5 Å². The Morgan fingerprint density at radius 1 is 0.786 bits per heavy atom. The van der Waals surface area contributed by atoms with Gasteiger partial charge in [-0.3, -0.25) is 14.4 Å². The van der Waals surface area contributed by atoms with Crippen LogP contribution in [-0.4, -0.2) is 58.4 Å². The molecule has 240 valence electrons. The summed E-state index contributed by atoms with van der Waals surface area (Å²) in [6.45, 7) is 8.37. The van der Waals surface area contributed by atoms with Crippen LogP contribution in [0.5, 0.6) is 0 Å². The van der Waals surface area contributed by atoms with Gasteiger partial charge in [-0.25, -0.2) is 0 Å². The quantitative estimate of drug-likeness (QED) is 0.180. The molecule has 0 heterocycles. The number of rotatable bonds is 14. The summed E-state index contributed by atoms with van der Waals surface area (Å²) in [5.41, 5.74) is 0.478. The minimum atomic E-state index is -0.809. The number of nitrogens with one attached hydrogen (secondary N) is 2. The summed E-state index contributed by atoms with van der Waals surface area (Å²) in [5.74, 6) is 2.25. The number of carbonyl (C=O) groups excluding carboxylic acids is 2. The van der Waals surface area contributed by atoms with E-state index in [1.807, 2.05) is 0 Å². The molecule has 42 heavy (non-hydrogen) atoms. The molecule has 0 spiro atoms. The van der Waals surface area contributed by atoms with Crippen LogP contribution in [-0.2, 0) is 14.4 Å². The number of aliphatic hydroxyl groups excluding tert-OH is 2. The number of unbranched alkanes of at least 4 members (excludes halogenated alkanes) is 2. The summed E-state index contributed by atoms with van der Waals surface area (Å²) in [5, 5.41) is 36.3. The van der Waals surface area contributed by atoms with E-state index >= 15 is 0 Å². The number of amides is 2. The highest BCUT2D eigenvalue weighted by Gasteiger charge is 2.62. The minimum absolute atomic E-state index is 0.0184. The molecule has 0 aromatic carbocycles. The molecular formula is C34H58N2O6. The third-order valence-corrected chi connectivity index (χ3v) is 12.5. The van der Waals surface area contributed by atoms with Gasteiger partial charge < -0.3 is 26.0 Å². The van der Waals surface area contributed by atoms with Gasteiger partial charge >= 0.3 is 5.97 Å². The van der Waals surface area contributed by atoms with Crippen LogP contribution in [0.3, 0.4) is 0 Å². The first kappa shape index (κ1) is 33.2. The van der Waals surface area contributed by atoms with Crippen molar-refractivity contribution in [1.29, 1.82) is 0 Å². The molecule has 0 saturated heterocycles. The highest BCUT2D eigenvalue weighted by molar-refractivity contribution is 5.76. The molecule has 0 radical (unpaired) electrons. The topological polar surface area (TPSA) is 136 Å². The summed E-state index contributed by atoms with van der Waals surface area (Å²) >= 11 is 0. The molecule has 4 aliphatic rings. The van der Waals surface area contributed by atoms with E-state index < -0.39 is 5.97 Å². The average Bonchev–Trinajstić information content (AvgIpc) is 3.29. The number of hydrogen-bond acceptors (Lipinski definition) is 5. The van der Waals surface area contributed by atoms with Gasteiger partial charge in [-0.05, 0) is 130 Å². The number of fused-ring (bicyclic) bond motifs is 5. The van der Waals surface area contributed by atoms with Gasteiger partial charge in [0, 0.05) is 32.4 Å². The van der Waals surface area contributed by atoms with Gasteiger partial charge in [0.05, 0.1) is 12.2 Å². The second kappa shape index (κ2) is 14.4. The molecule has 10 atom stereocenters. The number of aliphatic carboxylic acids is 1. The Hall–Kier alpha value is -1.67. The molecule has 4 rings (SSSR count). The lowest BCUT2D eigenvalue weighted by atomic mass is 9.43. The van der Waals surface area contributed by atoms with Gasteiger partial charge in [0.15, 0.2) is 0 Å². The molecule has 0 bridgehead atoms. The molecule has 4 fully saturated rings. The van der Waals surface area contributed by atoms with Gasteiger partial charge in [0.25, 0.3) is 0 Å². The molecular weight excluding hydrogens is 532 g/mol. The van der Waals surface area contributed by atoms with Crippen molar-refractivity contribution >= 4 is 17.8 Å². The van der Waals surface area contributed by atoms with Crippen LogP contribution in [0.25, 0.3) is 0 Å². The maximum absolute atomic E-state index is 12.6. The number of aliphatic hydroxyl groups is 2. The summed E-state index contributed by atoms with van der Waals surface area (Å²) in [6, 6.07) is 0. The Labute approximate surface area is 253 Å². The first-order valence-corrected chi connectivity index (χ1v) is 17.1. The Bertz CT molecular complexity index is 943. The maximum Gasteiger partial charge on any atom is 0.303 e. The van der Waals surface area contributed by atoms with E-state index in [1.165, 1.54) is 25.7 Å². The molecule has 8 nitrogen and oxygen atoms in total. The summed E-state index contributed by atoms with van der Waals surface area (Å²) in [4.78, 5) is 35.0. The Morgan fingerprint density at radius 2 is 1.40 bits per heavy atom. The van der Waals surface area contributed by atoms with Crippen LogP contribution in [0.2, 0.25) is 0 Å². The molecule has 5 N–H and O–H groups in total. The molecule has 0 aromatic rings. The molecule has 0 aliphatic heterocycles. The Balaban J connectivity index is 1.16. The highest BCUT2D eigenvalue weighted by Crippen LogP contribution is 2.68. The standard InChI is InChI=1S/C34H58N2O6/c1-22(10-13-30(40)36-18-6-4-8-29(39)35-19-7-5-9-31(41)42)25-11-12-26-32-27(15-17-34(25,26)3)33(2)16-14-24(37)20-23(33)21-28(32)38/h22-28,32,37-38H,4-21H2,1-3H3,(H,35,39)(H,36,40)(H,41,42)/t22?,23?,24-,25-,26?,27?,28-,32?,33+,34-/m1/s1. The second-order valence-electron chi connectivity index (χ2n) is 15.0. The molecule has 8 heteroatoms. The largest absolute Gasteiger partial charge is 0.481 e. The minimum Gasteiger partial charge on any atom is -0.481 e. The lowest BCUT2D eigenvalue weighted by Gasteiger charge is -2.62. The van der Waals surface area contributed by atoms with Crippen LogP contribution < -0.4 is 10.6 Å². The first-order chi connectivity index (χ1) is 20.0. The molecule has 4 saturated carbocycles. The normalized spacial score (nSPS) is 38.1. The van der Waals surface area contributed by atoms with Crippen molar-refractivity contribution in [2.24, 2.45) is 46.3 Å². The predicted molar refractivity (Wildman–Crippen MR) is 162 cm³/mol. The molecule has 2 amide bonds. The van der Waals surface area contributed by atoms with Crippen molar-refractivity contribution in [2.45, 2.75) is 136 Å². The SMILES string of the molecule is CC(CCC(=O)NCCCCC(=O)NCCCCC(=O)O)[C@H]1CCC2C3C(CC[C@@]21C)[C@@]1(C)CC[C@@H](O)CC1C[C@H]3O. The monoisotopic (exact) mass is 590 g/mol. The molecule has 0 aromatic heterocycles. The predicted octanol–water partition coefficient (Wildman–Crippen LogP) is 5.05. The molecule has 5 unspecified atom stereocenters. The van der Waals surface area contributed by atoms with Crippen molar-refractivity contribution in [2.75, 3.05) is 13.1 Å². The van der Waals surface area contributed by atoms with Crippen molar-refractivity contribution in [3.05, 3.63) is 0 Å². The third-order valence-electron chi connectivity index (χ3n) is 12.5. The van der Waals surface area contributed by atoms with Crippen molar-refractivity contribution in [3.8, 4) is 0 Å². The van der Waals surface area contributed by atoms with Gasteiger partial charge in [-0.1, -0.05) is 20.8 Å². The van der Waals surface area contributed by atoms with E-state index in [1.54, 1.807) is 0 Å². The van der Waals surface area contributed by atoms with Crippen molar-refractivity contribution < 1.29 is 29.7 Å². The first-order valence-electron chi connectivity index (χ1n) is 17.1. The fourth-order valence-electron chi connectivity index (χ4n) is 10.2. The lowest BCUT2D eigenvalue weighted by molar-refractivity contribution is -0.174. The zero-order valence-electron chi connectivity index (χ0n) is 26.4. The summed E-state index contributed by atoms with van der Waals surface area (Å²) < 4.78 is 0. The maximum atomic E-state index is 12.6. The number of hydrogen-bond donors (Lipinski definition) is 5. The second-order valence-corrected chi connectivity index (χ2v) is 15.0. The van der Waals surface area contributed by atoms with Crippen LogP contribution in [0.1, 0.15) is 124 Å². The van der Waals surface area contributed by atoms with E-state index in [4.69, 9.17) is 5.11 Å². The summed E-state index contributed by atoms with van der Waals surface area (Å²) in [6.07, 6.45) is 12.7. The fraction of sp³-hybridized carbons (Fsp3) is 0.912. The van der Waals surface area contributed by atoms with E-state index in [-0.39, 0.29) is 41.3 Å². The van der Waals surface area contributed by atoms with Gasteiger partial charge in [0.1, 0.15) is 0 Å². The van der Waals surface area contributed by atoms with Gasteiger partial charge in [-0.2, -0.15) is 0 Å². The Morgan fingerprint density at radius 3 is 2.10 bits per heavy atom. The zero-order valence-corrected chi connectivity index (χ0v) is 26.4. The smallest absolute Gasteiger partial charge is 0.303 e. The third kappa shape index (κ3) is 7.51. The number of carboxylic acid groups (broad SMARTS) is 1. The molecule has 4 aliphatic carbocycles. The summed E-state index contributed by atoms with van der Waals surface area (Å²) in [7, 11) is 0. The fourth-order valence-corrected chi connectivity index (χ4v) is 10.2. The van der Waals surface area contributed by atoms with E-state index in [2.05, 4.69) is 31.4 Å².